The van der Waals surface area contributed by atoms with E-state index in [0.717, 1.165) is 0 Å². The van der Waals surface area contributed by atoms with E-state index in [1.54, 1.807) is 18.4 Å². The number of thiophene rings is 1. The summed E-state index contributed by atoms with van der Waals surface area (Å²) in [6.45, 7) is 0. The van der Waals surface area contributed by atoms with E-state index in [1.165, 1.54) is 2.89 Å². The first-order valence-electron chi connectivity index (χ1n) is 2.26. The molecule has 0 unspecified atom stereocenters. The van der Waals surface area contributed by atoms with Gasteiger partial charge in [0.05, 0.1) is 0 Å². The third kappa shape index (κ3) is 1.76. The standard InChI is InChI=1S/C4H3S.CH3O.Sn/c1-2-4-5-3-1;1-2;/h1-3H;1H3;/q;-1;+1. The van der Waals surface area contributed by atoms with Crippen LogP contribution in [0, 0.1) is 0 Å². The van der Waals surface area contributed by atoms with E-state index in [0.29, 0.717) is 0 Å². The van der Waals surface area contributed by atoms with Crippen molar-refractivity contribution >= 4 is 35.8 Å². The van der Waals surface area contributed by atoms with Crippen molar-refractivity contribution in [2.75, 3.05) is 7.11 Å². The third-order valence-corrected chi connectivity index (χ3v) is 4.61. The zero-order valence-corrected chi connectivity index (χ0v) is 8.22. The van der Waals surface area contributed by atoms with Gasteiger partial charge in [0.1, 0.15) is 0 Å². The van der Waals surface area contributed by atoms with E-state index >= 15 is 0 Å². The van der Waals surface area contributed by atoms with Crippen LogP contribution in [0.2, 0.25) is 0 Å². The van der Waals surface area contributed by atoms with E-state index in [1.807, 2.05) is 0 Å². The monoisotopic (exact) mass is 234 g/mol. The summed E-state index contributed by atoms with van der Waals surface area (Å²) in [7, 11) is 1.78. The molecule has 1 heterocycles. The van der Waals surface area contributed by atoms with Gasteiger partial charge in [-0.1, -0.05) is 0 Å². The van der Waals surface area contributed by atoms with Gasteiger partial charge in [-0.3, -0.25) is 0 Å². The van der Waals surface area contributed by atoms with Crippen molar-refractivity contribution in [1.82, 2.24) is 0 Å². The fourth-order valence-electron chi connectivity index (χ4n) is 0.437. The summed E-state index contributed by atoms with van der Waals surface area (Å²) in [6, 6.07) is 4.21. The molecule has 0 atom stereocenters. The molecule has 2 radical (unpaired) electrons. The molecule has 1 nitrogen and oxygen atoms in total. The second-order valence-corrected chi connectivity index (χ2v) is 6.55. The Morgan fingerprint density at radius 3 is 3.12 bits per heavy atom. The van der Waals surface area contributed by atoms with Gasteiger partial charge in [0, 0.05) is 0 Å². The molecular formula is C5H6OSSn. The van der Waals surface area contributed by atoms with Crippen molar-refractivity contribution in [1.29, 1.82) is 0 Å². The molecule has 0 aliphatic carbocycles. The summed E-state index contributed by atoms with van der Waals surface area (Å²) in [6.07, 6.45) is 0. The molecule has 0 fully saturated rings. The van der Waals surface area contributed by atoms with Crippen molar-refractivity contribution in [3.8, 4) is 0 Å². The van der Waals surface area contributed by atoms with Gasteiger partial charge >= 0.3 is 63.5 Å². The summed E-state index contributed by atoms with van der Waals surface area (Å²) in [5.74, 6) is 0. The number of hydrogen-bond acceptors (Lipinski definition) is 2. The van der Waals surface area contributed by atoms with E-state index < -0.39 is 21.6 Å². The first-order valence-corrected chi connectivity index (χ1v) is 5.73. The van der Waals surface area contributed by atoms with Crippen molar-refractivity contribution in [3.63, 3.8) is 0 Å². The maximum atomic E-state index is 5.07. The van der Waals surface area contributed by atoms with Crippen molar-refractivity contribution in [2.45, 2.75) is 0 Å². The Labute approximate surface area is 63.4 Å². The quantitative estimate of drug-likeness (QED) is 0.681. The van der Waals surface area contributed by atoms with Gasteiger partial charge in [0.25, 0.3) is 0 Å². The molecule has 1 rings (SSSR count). The zero-order valence-electron chi connectivity index (χ0n) is 4.55. The van der Waals surface area contributed by atoms with Crippen LogP contribution in [-0.4, -0.2) is 28.7 Å². The Balaban J connectivity index is 2.50. The summed E-state index contributed by atoms with van der Waals surface area (Å²) < 4.78 is 6.52. The molecule has 0 aliphatic rings. The Bertz CT molecular complexity index is 138. The summed E-state index contributed by atoms with van der Waals surface area (Å²) in [4.78, 5) is 0. The van der Waals surface area contributed by atoms with Gasteiger partial charge in [0.2, 0.25) is 0 Å². The minimum absolute atomic E-state index is 0.584. The van der Waals surface area contributed by atoms with E-state index in [2.05, 4.69) is 17.5 Å². The van der Waals surface area contributed by atoms with Crippen LogP contribution in [0.5, 0.6) is 0 Å². The number of rotatable bonds is 2. The van der Waals surface area contributed by atoms with Crippen molar-refractivity contribution < 1.29 is 3.07 Å². The average molecular weight is 233 g/mol. The molecule has 3 heteroatoms. The van der Waals surface area contributed by atoms with E-state index in [-0.39, 0.29) is 0 Å². The maximum absolute atomic E-state index is 5.07. The third-order valence-electron chi connectivity index (χ3n) is 0.724. The van der Waals surface area contributed by atoms with Crippen LogP contribution in [0.4, 0.5) is 0 Å². The van der Waals surface area contributed by atoms with Gasteiger partial charge < -0.3 is 0 Å². The van der Waals surface area contributed by atoms with Gasteiger partial charge in [-0.2, -0.15) is 0 Å². The van der Waals surface area contributed by atoms with Crippen LogP contribution in [0.25, 0.3) is 0 Å². The van der Waals surface area contributed by atoms with Crippen LogP contribution in [-0.2, 0) is 3.07 Å². The molecule has 0 spiro atoms. The predicted molar refractivity (Wildman–Crippen MR) is 36.7 cm³/mol. The Morgan fingerprint density at radius 1 is 1.75 bits per heavy atom. The average Bonchev–Trinajstić information content (AvgIpc) is 2.19. The molecule has 0 bridgehead atoms. The first-order chi connectivity index (χ1) is 3.93. The SMILES string of the molecule is C[O][Sn][c]1cccs1. The Hall–Kier alpha value is 0.459. The molecular weight excluding hydrogens is 227 g/mol. The topological polar surface area (TPSA) is 9.23 Å². The minimum atomic E-state index is -0.584. The summed E-state index contributed by atoms with van der Waals surface area (Å²) in [5.41, 5.74) is 0. The van der Waals surface area contributed by atoms with Gasteiger partial charge in [-0.05, 0) is 0 Å². The molecule has 8 heavy (non-hydrogen) atoms. The van der Waals surface area contributed by atoms with Crippen molar-refractivity contribution in [3.05, 3.63) is 17.5 Å². The van der Waals surface area contributed by atoms with Crippen LogP contribution in [0.1, 0.15) is 0 Å². The van der Waals surface area contributed by atoms with Gasteiger partial charge in [-0.15, -0.1) is 0 Å². The van der Waals surface area contributed by atoms with Crippen LogP contribution < -0.4 is 2.89 Å². The normalized spacial score (nSPS) is 9.62. The molecule has 0 aliphatic heterocycles. The first kappa shape index (κ1) is 6.58. The molecule has 0 N–H and O–H groups in total. The molecule has 0 amide bonds. The van der Waals surface area contributed by atoms with Crippen molar-refractivity contribution in [2.24, 2.45) is 0 Å². The number of hydrogen-bond donors (Lipinski definition) is 0. The summed E-state index contributed by atoms with van der Waals surface area (Å²) in [5, 5.41) is 2.09. The molecule has 42 valence electrons. The zero-order chi connectivity index (χ0) is 5.82. The second-order valence-electron chi connectivity index (χ2n) is 1.28. The van der Waals surface area contributed by atoms with E-state index in [4.69, 9.17) is 3.07 Å². The molecule has 0 saturated heterocycles. The second kappa shape index (κ2) is 3.48. The fourth-order valence-corrected chi connectivity index (χ4v) is 3.54. The van der Waals surface area contributed by atoms with Gasteiger partial charge in [0.15, 0.2) is 0 Å². The molecule has 1 aromatic heterocycles. The Kier molecular flexibility index (Phi) is 2.86. The summed E-state index contributed by atoms with van der Waals surface area (Å²) >= 11 is 1.21. The fraction of sp³-hybridized carbons (Fsp3) is 0.200. The molecule has 1 aromatic rings. The van der Waals surface area contributed by atoms with Crippen LogP contribution in [0.3, 0.4) is 0 Å². The molecule has 0 aromatic carbocycles. The van der Waals surface area contributed by atoms with Crippen LogP contribution in [0.15, 0.2) is 17.5 Å². The van der Waals surface area contributed by atoms with Gasteiger partial charge in [-0.25, -0.2) is 0 Å². The predicted octanol–water partition coefficient (Wildman–Crippen LogP) is 0.639. The molecule has 0 saturated carbocycles. The van der Waals surface area contributed by atoms with Crippen LogP contribution >= 0.6 is 11.3 Å². The van der Waals surface area contributed by atoms with E-state index in [9.17, 15) is 0 Å². The Morgan fingerprint density at radius 2 is 2.62 bits per heavy atom.